The van der Waals surface area contributed by atoms with Gasteiger partial charge in [0.15, 0.2) is 5.43 Å². The van der Waals surface area contributed by atoms with Crippen molar-refractivity contribution < 1.29 is 4.79 Å². The van der Waals surface area contributed by atoms with Crippen molar-refractivity contribution in [2.45, 2.75) is 32.6 Å². The van der Waals surface area contributed by atoms with Gasteiger partial charge in [0.2, 0.25) is 5.91 Å². The Balaban J connectivity index is 1.88. The molecular formula is C21H22N2O2. The first-order valence-electron chi connectivity index (χ1n) is 8.64. The van der Waals surface area contributed by atoms with Crippen molar-refractivity contribution in [3.05, 3.63) is 76.1 Å². The Bertz CT molecular complexity index is 945. The Labute approximate surface area is 146 Å². The average molecular weight is 334 g/mol. The van der Waals surface area contributed by atoms with Crippen LogP contribution in [0.5, 0.6) is 0 Å². The van der Waals surface area contributed by atoms with E-state index in [-0.39, 0.29) is 17.3 Å². The second-order valence-corrected chi connectivity index (χ2v) is 6.13. The average Bonchev–Trinajstić information content (AvgIpc) is 2.63. The molecular weight excluding hydrogens is 312 g/mol. The molecule has 0 unspecified atom stereocenters. The summed E-state index contributed by atoms with van der Waals surface area (Å²) in [5, 5.41) is 3.53. The number of carbonyl (C=O) groups excluding carboxylic acids is 1. The molecule has 2 aromatic carbocycles. The number of nitrogens with one attached hydrogen (secondary N) is 2. The number of pyridine rings is 1. The van der Waals surface area contributed by atoms with Crippen molar-refractivity contribution in [1.82, 2.24) is 4.98 Å². The Morgan fingerprint density at radius 3 is 2.52 bits per heavy atom. The highest BCUT2D eigenvalue weighted by Gasteiger charge is 2.18. The lowest BCUT2D eigenvalue weighted by atomic mass is 9.95. The van der Waals surface area contributed by atoms with Gasteiger partial charge in [-0.1, -0.05) is 44.2 Å². The summed E-state index contributed by atoms with van der Waals surface area (Å²) in [4.78, 5) is 28.2. The van der Waals surface area contributed by atoms with Gasteiger partial charge in [0.25, 0.3) is 0 Å². The third-order valence-electron chi connectivity index (χ3n) is 4.46. The van der Waals surface area contributed by atoms with Gasteiger partial charge in [-0.15, -0.1) is 0 Å². The minimum absolute atomic E-state index is 0.0307. The fourth-order valence-corrected chi connectivity index (χ4v) is 3.06. The largest absolute Gasteiger partial charge is 0.358 e. The highest BCUT2D eigenvalue weighted by atomic mass is 16.1. The number of H-pyrrole nitrogens is 1. The summed E-state index contributed by atoms with van der Waals surface area (Å²) in [5.41, 5.74) is 3.30. The molecule has 0 bridgehead atoms. The number of aryl methyl sites for hydroxylation is 1. The van der Waals surface area contributed by atoms with E-state index in [9.17, 15) is 9.59 Å². The van der Waals surface area contributed by atoms with Crippen LogP contribution in [0.2, 0.25) is 0 Å². The summed E-state index contributed by atoms with van der Waals surface area (Å²) in [7, 11) is 0. The maximum Gasteiger partial charge on any atom is 0.231 e. The number of aromatic amines is 1. The van der Waals surface area contributed by atoms with Gasteiger partial charge in [-0.25, -0.2) is 0 Å². The zero-order valence-electron chi connectivity index (χ0n) is 14.5. The first kappa shape index (κ1) is 17.0. The van der Waals surface area contributed by atoms with Crippen LogP contribution in [0.15, 0.2) is 59.4 Å². The van der Waals surface area contributed by atoms with E-state index in [0.29, 0.717) is 17.5 Å². The minimum Gasteiger partial charge on any atom is -0.358 e. The molecule has 0 aliphatic rings. The molecule has 3 rings (SSSR count). The first-order chi connectivity index (χ1) is 12.1. The highest BCUT2D eigenvalue weighted by molar-refractivity contribution is 5.97. The maximum absolute atomic E-state index is 12.7. The Hall–Kier alpha value is -2.88. The molecule has 2 N–H and O–H groups in total. The molecule has 1 aromatic heterocycles. The van der Waals surface area contributed by atoms with Crippen LogP contribution < -0.4 is 10.7 Å². The molecule has 3 aromatic rings. The number of hydrogen-bond acceptors (Lipinski definition) is 2. The van der Waals surface area contributed by atoms with Crippen LogP contribution in [0.25, 0.3) is 10.9 Å². The lowest BCUT2D eigenvalue weighted by Gasteiger charge is -2.15. The predicted molar refractivity (Wildman–Crippen MR) is 102 cm³/mol. The van der Waals surface area contributed by atoms with E-state index in [0.717, 1.165) is 23.2 Å². The summed E-state index contributed by atoms with van der Waals surface area (Å²) in [6.45, 7) is 3.99. The van der Waals surface area contributed by atoms with Gasteiger partial charge in [0, 0.05) is 28.4 Å². The van der Waals surface area contributed by atoms with E-state index >= 15 is 0 Å². The van der Waals surface area contributed by atoms with Crippen molar-refractivity contribution in [2.24, 2.45) is 0 Å². The number of benzene rings is 2. The number of carbonyl (C=O) groups is 1. The van der Waals surface area contributed by atoms with E-state index in [1.165, 1.54) is 0 Å². The number of anilines is 1. The molecule has 25 heavy (non-hydrogen) atoms. The first-order valence-corrected chi connectivity index (χ1v) is 8.64. The number of aromatic nitrogens is 1. The van der Waals surface area contributed by atoms with Crippen molar-refractivity contribution in [3.63, 3.8) is 0 Å². The molecule has 128 valence electrons. The van der Waals surface area contributed by atoms with E-state index in [1.807, 2.05) is 56.3 Å². The van der Waals surface area contributed by atoms with Gasteiger partial charge in [-0.05, 0) is 36.6 Å². The van der Waals surface area contributed by atoms with Crippen molar-refractivity contribution in [3.8, 4) is 0 Å². The second-order valence-electron chi connectivity index (χ2n) is 6.13. The zero-order chi connectivity index (χ0) is 17.8. The molecule has 0 aliphatic heterocycles. The topological polar surface area (TPSA) is 62.0 Å². The normalized spacial score (nSPS) is 12.1. The van der Waals surface area contributed by atoms with E-state index < -0.39 is 0 Å². The third kappa shape index (κ3) is 3.63. The smallest absolute Gasteiger partial charge is 0.231 e. The number of hydrogen-bond donors (Lipinski definition) is 2. The fraction of sp³-hybridized carbons (Fsp3) is 0.238. The quantitative estimate of drug-likeness (QED) is 0.734. The second kappa shape index (κ2) is 7.34. The minimum atomic E-state index is -0.211. The number of fused-ring (bicyclic) bond motifs is 1. The molecule has 0 fully saturated rings. The van der Waals surface area contributed by atoms with Crippen LogP contribution in [0.1, 0.15) is 37.4 Å². The monoisotopic (exact) mass is 334 g/mol. The lowest BCUT2D eigenvalue weighted by molar-refractivity contribution is -0.117. The molecule has 0 radical (unpaired) electrons. The highest BCUT2D eigenvalue weighted by Crippen LogP contribution is 2.22. The molecule has 0 saturated heterocycles. The summed E-state index contributed by atoms with van der Waals surface area (Å²) in [5.74, 6) is -0.271. The van der Waals surface area contributed by atoms with Crippen LogP contribution in [-0.4, -0.2) is 10.9 Å². The van der Waals surface area contributed by atoms with Gasteiger partial charge in [0.1, 0.15) is 0 Å². The van der Waals surface area contributed by atoms with Gasteiger partial charge < -0.3 is 10.3 Å². The molecule has 1 heterocycles. The fourth-order valence-electron chi connectivity index (χ4n) is 3.06. The van der Waals surface area contributed by atoms with Crippen LogP contribution in [0.3, 0.4) is 0 Å². The summed E-state index contributed by atoms with van der Waals surface area (Å²) < 4.78 is 0. The van der Waals surface area contributed by atoms with E-state index in [4.69, 9.17) is 0 Å². The molecule has 0 aliphatic carbocycles. The molecule has 1 amide bonds. The molecule has 1 atom stereocenters. The molecule has 0 spiro atoms. The van der Waals surface area contributed by atoms with Gasteiger partial charge >= 0.3 is 0 Å². The molecule has 4 heteroatoms. The SMILES string of the molecule is CCc1cc(=O)c2cc(NC(=O)[C@H](CC)c3ccccc3)ccc2[nH]1. The number of amides is 1. The summed E-state index contributed by atoms with van der Waals surface area (Å²) >= 11 is 0. The Morgan fingerprint density at radius 1 is 1.08 bits per heavy atom. The zero-order valence-corrected chi connectivity index (χ0v) is 14.5. The van der Waals surface area contributed by atoms with E-state index in [1.54, 1.807) is 12.1 Å². The predicted octanol–water partition coefficient (Wildman–Crippen LogP) is 4.22. The van der Waals surface area contributed by atoms with Crippen LogP contribution in [0, 0.1) is 0 Å². The maximum atomic E-state index is 12.7. The molecule has 0 saturated carbocycles. The van der Waals surface area contributed by atoms with Crippen molar-refractivity contribution in [1.29, 1.82) is 0 Å². The van der Waals surface area contributed by atoms with Gasteiger partial charge in [-0.2, -0.15) is 0 Å². The van der Waals surface area contributed by atoms with Crippen LogP contribution in [0.4, 0.5) is 5.69 Å². The Morgan fingerprint density at radius 2 is 1.84 bits per heavy atom. The standard InChI is InChI=1S/C21H22N2O2/c1-3-15-13-20(24)18-12-16(10-11-19(18)22-15)23-21(25)17(4-2)14-8-6-5-7-9-14/h5-13,17H,3-4H2,1-2H3,(H,22,24)(H,23,25)/t17-/m1/s1. The lowest BCUT2D eigenvalue weighted by Crippen LogP contribution is -2.20. The Kier molecular flexibility index (Phi) is 4.98. The summed E-state index contributed by atoms with van der Waals surface area (Å²) in [6, 6.07) is 16.8. The van der Waals surface area contributed by atoms with Gasteiger partial charge in [-0.3, -0.25) is 9.59 Å². The third-order valence-corrected chi connectivity index (χ3v) is 4.46. The number of rotatable bonds is 5. The van der Waals surface area contributed by atoms with Gasteiger partial charge in [0.05, 0.1) is 5.92 Å². The van der Waals surface area contributed by atoms with Crippen LogP contribution in [-0.2, 0) is 11.2 Å². The van der Waals surface area contributed by atoms with Crippen molar-refractivity contribution >= 4 is 22.5 Å². The summed E-state index contributed by atoms with van der Waals surface area (Å²) in [6.07, 6.45) is 1.49. The van der Waals surface area contributed by atoms with Crippen LogP contribution >= 0.6 is 0 Å². The molecule has 4 nitrogen and oxygen atoms in total. The van der Waals surface area contributed by atoms with E-state index in [2.05, 4.69) is 10.3 Å². The van der Waals surface area contributed by atoms with Crippen molar-refractivity contribution in [2.75, 3.05) is 5.32 Å².